The summed E-state index contributed by atoms with van der Waals surface area (Å²) in [6, 6.07) is 15.9. The fraction of sp³-hybridized carbons (Fsp3) is 0.500. The average molecular weight is 449 g/mol. The maximum Gasteiger partial charge on any atom is 0.189 e. The van der Waals surface area contributed by atoms with E-state index in [9.17, 15) is 0 Å². The van der Waals surface area contributed by atoms with Crippen LogP contribution in [0.15, 0.2) is 48.5 Å². The molecule has 0 atom stereocenters. The lowest BCUT2D eigenvalue weighted by Crippen LogP contribution is -2.27. The van der Waals surface area contributed by atoms with E-state index in [2.05, 4.69) is 10.6 Å². The number of rotatable bonds is 19. The van der Waals surface area contributed by atoms with Crippen LogP contribution in [0.1, 0.15) is 11.1 Å². The highest BCUT2D eigenvalue weighted by Gasteiger charge is 2.04. The number of para-hydroxylation sites is 2. The Balaban J connectivity index is 1.64. The third-order valence-corrected chi connectivity index (χ3v) is 4.51. The van der Waals surface area contributed by atoms with Crippen molar-refractivity contribution in [2.24, 2.45) is 0 Å². The summed E-state index contributed by atoms with van der Waals surface area (Å²) >= 11 is 0. The van der Waals surface area contributed by atoms with Crippen molar-refractivity contribution in [3.05, 3.63) is 59.7 Å². The Morgan fingerprint density at radius 3 is 1.47 bits per heavy atom. The molecule has 8 nitrogen and oxygen atoms in total. The van der Waals surface area contributed by atoms with Crippen LogP contribution in [-0.4, -0.2) is 67.3 Å². The Kier molecular flexibility index (Phi) is 14.1. The molecule has 0 aliphatic rings. The zero-order valence-corrected chi connectivity index (χ0v) is 19.1. The minimum absolute atomic E-state index is 0.209. The molecule has 0 saturated heterocycles. The van der Waals surface area contributed by atoms with Gasteiger partial charge in [-0.1, -0.05) is 36.4 Å². The van der Waals surface area contributed by atoms with Gasteiger partial charge in [-0.3, -0.25) is 0 Å². The van der Waals surface area contributed by atoms with Gasteiger partial charge in [-0.15, -0.1) is 0 Å². The third-order valence-electron chi connectivity index (χ3n) is 4.51. The van der Waals surface area contributed by atoms with Gasteiger partial charge in [0.1, 0.15) is 11.5 Å². The molecule has 2 rings (SSSR count). The first-order valence-corrected chi connectivity index (χ1v) is 10.8. The summed E-state index contributed by atoms with van der Waals surface area (Å²) in [7, 11) is 3.29. The molecule has 2 aromatic carbocycles. The van der Waals surface area contributed by atoms with Gasteiger partial charge in [0.25, 0.3) is 0 Å². The van der Waals surface area contributed by atoms with E-state index in [4.69, 9.17) is 28.4 Å². The Hall–Kier alpha value is -2.20. The molecule has 2 N–H and O–H groups in total. The number of hydrogen-bond acceptors (Lipinski definition) is 8. The van der Waals surface area contributed by atoms with Gasteiger partial charge >= 0.3 is 0 Å². The summed E-state index contributed by atoms with van der Waals surface area (Å²) in [5.41, 5.74) is 2.19. The minimum Gasteiger partial charge on any atom is -0.467 e. The first-order valence-electron chi connectivity index (χ1n) is 10.8. The smallest absolute Gasteiger partial charge is 0.189 e. The zero-order valence-electron chi connectivity index (χ0n) is 19.1. The molecule has 0 amide bonds. The second-order valence-electron chi connectivity index (χ2n) is 6.90. The van der Waals surface area contributed by atoms with Crippen LogP contribution < -0.4 is 20.1 Å². The summed E-state index contributed by atoms with van der Waals surface area (Å²) in [6.07, 6.45) is 0. The molecule has 0 unspecified atom stereocenters. The van der Waals surface area contributed by atoms with E-state index in [0.717, 1.165) is 35.7 Å². The SMILES string of the molecule is COCCOCOc1ccccc1CNCCNCc1ccccc1OCOCCOC. The van der Waals surface area contributed by atoms with Crippen LogP contribution in [-0.2, 0) is 32.0 Å². The van der Waals surface area contributed by atoms with Gasteiger partial charge in [-0.05, 0) is 12.1 Å². The molecule has 0 heterocycles. The van der Waals surface area contributed by atoms with Crippen molar-refractivity contribution in [3.8, 4) is 11.5 Å². The number of hydrogen-bond donors (Lipinski definition) is 2. The monoisotopic (exact) mass is 448 g/mol. The number of nitrogens with one attached hydrogen (secondary N) is 2. The van der Waals surface area contributed by atoms with Crippen molar-refractivity contribution in [1.82, 2.24) is 10.6 Å². The highest BCUT2D eigenvalue weighted by atomic mass is 16.7. The highest BCUT2D eigenvalue weighted by molar-refractivity contribution is 5.33. The third kappa shape index (κ3) is 10.9. The first kappa shape index (κ1) is 26.1. The molecule has 8 heteroatoms. The van der Waals surface area contributed by atoms with E-state index in [-0.39, 0.29) is 13.6 Å². The van der Waals surface area contributed by atoms with Crippen LogP contribution in [0.2, 0.25) is 0 Å². The van der Waals surface area contributed by atoms with Gasteiger partial charge in [0.05, 0.1) is 26.4 Å². The lowest BCUT2D eigenvalue weighted by Gasteiger charge is -2.14. The molecule has 0 aliphatic heterocycles. The van der Waals surface area contributed by atoms with Gasteiger partial charge in [0.15, 0.2) is 13.6 Å². The van der Waals surface area contributed by atoms with Crippen LogP contribution in [0.4, 0.5) is 0 Å². The number of methoxy groups -OCH3 is 2. The quantitative estimate of drug-likeness (QED) is 0.251. The maximum atomic E-state index is 5.72. The topological polar surface area (TPSA) is 79.4 Å². The van der Waals surface area contributed by atoms with E-state index >= 15 is 0 Å². The van der Waals surface area contributed by atoms with Gasteiger partial charge in [0, 0.05) is 51.5 Å². The van der Waals surface area contributed by atoms with Crippen LogP contribution in [0, 0.1) is 0 Å². The molecule has 0 fully saturated rings. The van der Waals surface area contributed by atoms with Gasteiger partial charge < -0.3 is 39.1 Å². The molecule has 2 aromatic rings. The number of ether oxygens (including phenoxy) is 6. The van der Waals surface area contributed by atoms with Crippen LogP contribution >= 0.6 is 0 Å². The molecule has 0 spiro atoms. The fourth-order valence-corrected chi connectivity index (χ4v) is 2.82. The van der Waals surface area contributed by atoms with Crippen molar-refractivity contribution in [3.63, 3.8) is 0 Å². The van der Waals surface area contributed by atoms with Crippen molar-refractivity contribution in [1.29, 1.82) is 0 Å². The lowest BCUT2D eigenvalue weighted by molar-refractivity contribution is -0.00901. The Morgan fingerprint density at radius 2 is 1.03 bits per heavy atom. The molecule has 0 saturated carbocycles. The van der Waals surface area contributed by atoms with Gasteiger partial charge in [-0.25, -0.2) is 0 Å². The Bertz CT molecular complexity index is 670. The molecule has 0 aliphatic carbocycles. The van der Waals surface area contributed by atoms with E-state index in [1.165, 1.54) is 0 Å². The van der Waals surface area contributed by atoms with Gasteiger partial charge in [0.2, 0.25) is 0 Å². The summed E-state index contributed by atoms with van der Waals surface area (Å²) in [4.78, 5) is 0. The molecular formula is C24H36N2O6. The predicted molar refractivity (Wildman–Crippen MR) is 123 cm³/mol. The second-order valence-corrected chi connectivity index (χ2v) is 6.90. The first-order chi connectivity index (χ1) is 15.8. The molecule has 0 radical (unpaired) electrons. The van der Waals surface area contributed by atoms with E-state index in [1.807, 2.05) is 48.5 Å². The molecule has 0 aromatic heterocycles. The lowest BCUT2D eigenvalue weighted by atomic mass is 10.2. The Morgan fingerprint density at radius 1 is 0.594 bits per heavy atom. The number of benzene rings is 2. The summed E-state index contributed by atoms with van der Waals surface area (Å²) in [5, 5.41) is 6.88. The summed E-state index contributed by atoms with van der Waals surface area (Å²) in [5.74, 6) is 1.65. The average Bonchev–Trinajstić information content (AvgIpc) is 2.82. The minimum atomic E-state index is 0.209. The van der Waals surface area contributed by atoms with Crippen molar-refractivity contribution < 1.29 is 28.4 Å². The summed E-state index contributed by atoms with van der Waals surface area (Å²) < 4.78 is 32.1. The van der Waals surface area contributed by atoms with Crippen LogP contribution in [0.25, 0.3) is 0 Å². The largest absolute Gasteiger partial charge is 0.467 e. The normalized spacial score (nSPS) is 10.9. The van der Waals surface area contributed by atoms with Crippen molar-refractivity contribution in [2.75, 3.05) is 67.3 Å². The van der Waals surface area contributed by atoms with Crippen LogP contribution in [0.3, 0.4) is 0 Å². The highest BCUT2D eigenvalue weighted by Crippen LogP contribution is 2.18. The van der Waals surface area contributed by atoms with Crippen LogP contribution in [0.5, 0.6) is 11.5 Å². The van der Waals surface area contributed by atoms with E-state index < -0.39 is 0 Å². The van der Waals surface area contributed by atoms with Gasteiger partial charge in [-0.2, -0.15) is 0 Å². The van der Waals surface area contributed by atoms with E-state index in [1.54, 1.807) is 14.2 Å². The molecule has 0 bridgehead atoms. The molecule has 178 valence electrons. The zero-order chi connectivity index (χ0) is 22.7. The van der Waals surface area contributed by atoms with Crippen molar-refractivity contribution in [2.45, 2.75) is 13.1 Å². The Labute approximate surface area is 191 Å². The fourth-order valence-electron chi connectivity index (χ4n) is 2.82. The molecular weight excluding hydrogens is 412 g/mol. The molecule has 32 heavy (non-hydrogen) atoms. The maximum absolute atomic E-state index is 5.72. The summed E-state index contributed by atoms with van der Waals surface area (Å²) in [6.45, 7) is 5.63. The van der Waals surface area contributed by atoms with E-state index in [0.29, 0.717) is 39.5 Å². The predicted octanol–water partition coefficient (Wildman–Crippen LogP) is 2.56. The van der Waals surface area contributed by atoms with Crippen molar-refractivity contribution >= 4 is 0 Å². The second kappa shape index (κ2) is 17.4. The standard InChI is InChI=1S/C24H36N2O6/c1-27-13-15-29-19-31-23-9-5-3-7-21(23)17-25-11-12-26-18-22-8-4-6-10-24(22)32-20-30-16-14-28-2/h3-10,25-26H,11-20H2,1-2H3.